The van der Waals surface area contributed by atoms with Crippen molar-refractivity contribution in [2.24, 2.45) is 0 Å². The second-order valence-corrected chi connectivity index (χ2v) is 6.03. The van der Waals surface area contributed by atoms with Gasteiger partial charge in [0.1, 0.15) is 11.5 Å². The monoisotopic (exact) mass is 355 g/mol. The molecule has 1 aliphatic rings. The van der Waals surface area contributed by atoms with Crippen molar-refractivity contribution in [3.63, 3.8) is 0 Å². The molecule has 6 nitrogen and oxygen atoms in total. The molecule has 0 radical (unpaired) electrons. The van der Waals surface area contributed by atoms with Crippen molar-refractivity contribution in [3.8, 4) is 11.5 Å². The Kier molecular flexibility index (Phi) is 5.84. The molecule has 1 fully saturated rings. The number of piperazine rings is 1. The maximum absolute atomic E-state index is 12.6. The molecule has 2 aromatic rings. The second-order valence-electron chi connectivity index (χ2n) is 6.03. The fourth-order valence-corrected chi connectivity index (χ4v) is 3.01. The van der Waals surface area contributed by atoms with E-state index in [2.05, 4.69) is 10.2 Å². The van der Waals surface area contributed by atoms with Gasteiger partial charge in [-0.15, -0.1) is 0 Å². The summed E-state index contributed by atoms with van der Waals surface area (Å²) < 4.78 is 10.8. The van der Waals surface area contributed by atoms with E-state index in [0.29, 0.717) is 31.1 Å². The molecule has 2 amide bonds. The highest BCUT2D eigenvalue weighted by molar-refractivity contribution is 5.91. The van der Waals surface area contributed by atoms with Crippen molar-refractivity contribution >= 4 is 17.4 Å². The third-order valence-electron chi connectivity index (χ3n) is 4.43. The van der Waals surface area contributed by atoms with E-state index in [9.17, 15) is 4.79 Å². The summed E-state index contributed by atoms with van der Waals surface area (Å²) in [4.78, 5) is 16.7. The Labute approximate surface area is 154 Å². The van der Waals surface area contributed by atoms with Gasteiger partial charge in [0.25, 0.3) is 0 Å². The molecule has 3 rings (SSSR count). The highest BCUT2D eigenvalue weighted by Gasteiger charge is 2.22. The Morgan fingerprint density at radius 1 is 1.04 bits per heavy atom. The number of nitrogens with one attached hydrogen (secondary N) is 1. The number of carbonyl (C=O) groups is 1. The highest BCUT2D eigenvalue weighted by atomic mass is 16.5. The number of carbonyl (C=O) groups excluding carboxylic acids is 1. The average molecular weight is 355 g/mol. The van der Waals surface area contributed by atoms with E-state index in [4.69, 9.17) is 9.47 Å². The maximum Gasteiger partial charge on any atom is 0.322 e. The quantitative estimate of drug-likeness (QED) is 0.893. The standard InChI is InChI=1S/C20H25N3O3/c1-3-26-19-7-5-4-6-18(19)21-20(24)23-14-12-22(13-15-23)16-8-10-17(25-2)11-9-16/h4-11H,3,12-15H2,1-2H3,(H,21,24). The Balaban J connectivity index is 1.56. The van der Waals surface area contributed by atoms with Gasteiger partial charge >= 0.3 is 6.03 Å². The first-order valence-corrected chi connectivity index (χ1v) is 8.88. The number of benzene rings is 2. The fraction of sp³-hybridized carbons (Fsp3) is 0.350. The summed E-state index contributed by atoms with van der Waals surface area (Å²) in [6.45, 7) is 5.44. The van der Waals surface area contributed by atoms with Gasteiger partial charge in [-0.05, 0) is 43.3 Å². The van der Waals surface area contributed by atoms with Crippen LogP contribution in [-0.4, -0.2) is 50.8 Å². The molecule has 2 aromatic carbocycles. The smallest absolute Gasteiger partial charge is 0.322 e. The summed E-state index contributed by atoms with van der Waals surface area (Å²) in [5, 5.41) is 2.96. The predicted octanol–water partition coefficient (Wildman–Crippen LogP) is 3.45. The fourth-order valence-electron chi connectivity index (χ4n) is 3.01. The largest absolute Gasteiger partial charge is 0.497 e. The number of ether oxygens (including phenoxy) is 2. The van der Waals surface area contributed by atoms with Crippen LogP contribution < -0.4 is 19.7 Å². The van der Waals surface area contributed by atoms with Crippen LogP contribution in [0.4, 0.5) is 16.2 Å². The van der Waals surface area contributed by atoms with Gasteiger partial charge in [-0.25, -0.2) is 4.79 Å². The topological polar surface area (TPSA) is 54.0 Å². The third-order valence-corrected chi connectivity index (χ3v) is 4.43. The molecule has 1 N–H and O–H groups in total. The molecule has 0 aliphatic carbocycles. The van der Waals surface area contributed by atoms with Gasteiger partial charge in [0, 0.05) is 31.9 Å². The minimum Gasteiger partial charge on any atom is -0.497 e. The molecular formula is C20H25N3O3. The number of hydrogen-bond acceptors (Lipinski definition) is 4. The van der Waals surface area contributed by atoms with E-state index in [-0.39, 0.29) is 6.03 Å². The van der Waals surface area contributed by atoms with Crippen LogP contribution in [-0.2, 0) is 0 Å². The van der Waals surface area contributed by atoms with Crippen LogP contribution >= 0.6 is 0 Å². The lowest BCUT2D eigenvalue weighted by atomic mass is 10.2. The summed E-state index contributed by atoms with van der Waals surface area (Å²) in [6, 6.07) is 15.4. The first kappa shape index (κ1) is 17.9. The molecule has 0 spiro atoms. The molecule has 138 valence electrons. The zero-order chi connectivity index (χ0) is 18.4. The van der Waals surface area contributed by atoms with E-state index >= 15 is 0 Å². The normalized spacial score (nSPS) is 14.1. The molecule has 1 saturated heterocycles. The Hall–Kier alpha value is -2.89. The van der Waals surface area contributed by atoms with Crippen molar-refractivity contribution < 1.29 is 14.3 Å². The second kappa shape index (κ2) is 8.47. The van der Waals surface area contributed by atoms with Crippen molar-refractivity contribution in [2.75, 3.05) is 50.1 Å². The van der Waals surface area contributed by atoms with Gasteiger partial charge < -0.3 is 24.6 Å². The van der Waals surface area contributed by atoms with Crippen molar-refractivity contribution in [3.05, 3.63) is 48.5 Å². The van der Waals surface area contributed by atoms with Crippen molar-refractivity contribution in [1.29, 1.82) is 0 Å². The van der Waals surface area contributed by atoms with Crippen LogP contribution in [0.15, 0.2) is 48.5 Å². The summed E-state index contributed by atoms with van der Waals surface area (Å²) >= 11 is 0. The number of hydrogen-bond donors (Lipinski definition) is 1. The molecule has 1 heterocycles. The average Bonchev–Trinajstić information content (AvgIpc) is 2.70. The number of para-hydroxylation sites is 2. The molecule has 26 heavy (non-hydrogen) atoms. The summed E-state index contributed by atoms with van der Waals surface area (Å²) in [5.74, 6) is 1.54. The zero-order valence-corrected chi connectivity index (χ0v) is 15.3. The highest BCUT2D eigenvalue weighted by Crippen LogP contribution is 2.25. The lowest BCUT2D eigenvalue weighted by Crippen LogP contribution is -2.50. The summed E-state index contributed by atoms with van der Waals surface area (Å²) in [7, 11) is 1.66. The van der Waals surface area contributed by atoms with Crippen LogP contribution in [0.2, 0.25) is 0 Å². The Morgan fingerprint density at radius 3 is 2.38 bits per heavy atom. The number of urea groups is 1. The Bertz CT molecular complexity index is 725. The van der Waals surface area contributed by atoms with E-state index in [1.165, 1.54) is 0 Å². The molecule has 0 atom stereocenters. The molecule has 0 bridgehead atoms. The minimum absolute atomic E-state index is 0.0912. The van der Waals surface area contributed by atoms with Crippen LogP contribution in [0.3, 0.4) is 0 Å². The number of nitrogens with zero attached hydrogens (tertiary/aromatic N) is 2. The summed E-state index contributed by atoms with van der Waals surface area (Å²) in [5.41, 5.74) is 1.85. The van der Waals surface area contributed by atoms with Gasteiger partial charge in [-0.3, -0.25) is 0 Å². The van der Waals surface area contributed by atoms with Gasteiger partial charge in [0.15, 0.2) is 0 Å². The number of anilines is 2. The first-order chi connectivity index (χ1) is 12.7. The molecule has 0 aromatic heterocycles. The predicted molar refractivity (Wildman–Crippen MR) is 103 cm³/mol. The Morgan fingerprint density at radius 2 is 1.73 bits per heavy atom. The minimum atomic E-state index is -0.0912. The SMILES string of the molecule is CCOc1ccccc1NC(=O)N1CCN(c2ccc(OC)cc2)CC1. The number of rotatable bonds is 5. The van der Waals surface area contributed by atoms with E-state index < -0.39 is 0 Å². The molecule has 1 aliphatic heterocycles. The van der Waals surface area contributed by atoms with Crippen LogP contribution in [0, 0.1) is 0 Å². The first-order valence-electron chi connectivity index (χ1n) is 8.88. The van der Waals surface area contributed by atoms with Crippen molar-refractivity contribution in [1.82, 2.24) is 4.90 Å². The van der Waals surface area contributed by atoms with Crippen LogP contribution in [0.1, 0.15) is 6.92 Å². The van der Waals surface area contributed by atoms with Gasteiger partial charge in [0.05, 0.1) is 19.4 Å². The van der Waals surface area contributed by atoms with E-state index in [0.717, 1.165) is 24.5 Å². The van der Waals surface area contributed by atoms with Gasteiger partial charge in [-0.2, -0.15) is 0 Å². The summed E-state index contributed by atoms with van der Waals surface area (Å²) in [6.07, 6.45) is 0. The molecule has 0 unspecified atom stereocenters. The van der Waals surface area contributed by atoms with E-state index in [1.54, 1.807) is 7.11 Å². The number of amides is 2. The van der Waals surface area contributed by atoms with Crippen molar-refractivity contribution in [2.45, 2.75) is 6.92 Å². The molecule has 0 saturated carbocycles. The zero-order valence-electron chi connectivity index (χ0n) is 15.3. The maximum atomic E-state index is 12.6. The van der Waals surface area contributed by atoms with Crippen LogP contribution in [0.5, 0.6) is 11.5 Å². The lowest BCUT2D eigenvalue weighted by Gasteiger charge is -2.36. The van der Waals surface area contributed by atoms with Gasteiger partial charge in [0.2, 0.25) is 0 Å². The van der Waals surface area contributed by atoms with Crippen LogP contribution in [0.25, 0.3) is 0 Å². The number of methoxy groups -OCH3 is 1. The van der Waals surface area contributed by atoms with Gasteiger partial charge in [-0.1, -0.05) is 12.1 Å². The molecule has 6 heteroatoms. The lowest BCUT2D eigenvalue weighted by molar-refractivity contribution is 0.208. The van der Waals surface area contributed by atoms with E-state index in [1.807, 2.05) is 60.4 Å². The molecular weight excluding hydrogens is 330 g/mol. The third kappa shape index (κ3) is 4.20.